The van der Waals surface area contributed by atoms with Crippen LogP contribution in [0.15, 0.2) is 31.1 Å². The molecule has 4 rings (SSSR count). The zero-order valence-corrected chi connectivity index (χ0v) is 21.9. The average Bonchev–Trinajstić information content (AvgIpc) is 3.45. The van der Waals surface area contributed by atoms with E-state index in [0.717, 1.165) is 25.6 Å². The number of halogens is 1. The fraction of sp³-hybridized carbons (Fsp3) is 0.294. The topological polar surface area (TPSA) is 161 Å². The van der Waals surface area contributed by atoms with Crippen molar-refractivity contribution in [2.75, 3.05) is 23.5 Å². The number of thiazole rings is 1. The van der Waals surface area contributed by atoms with Crippen molar-refractivity contribution in [3.05, 3.63) is 28.1 Å². The fourth-order valence-electron chi connectivity index (χ4n) is 3.05. The van der Waals surface area contributed by atoms with E-state index in [-0.39, 0.29) is 16.6 Å². The van der Waals surface area contributed by atoms with Gasteiger partial charge in [-0.25, -0.2) is 9.78 Å². The molecule has 0 radical (unpaired) electrons. The van der Waals surface area contributed by atoms with Crippen molar-refractivity contribution >= 4 is 98.2 Å². The maximum Gasteiger partial charge on any atom is 0.512 e. The number of nitrogens with two attached hydrogens (primary N) is 1. The summed E-state index contributed by atoms with van der Waals surface area (Å²) in [6.07, 6.45) is 0.370. The summed E-state index contributed by atoms with van der Waals surface area (Å²) in [4.78, 5) is 42.3. The number of nitrogen functional groups attached to an aromatic ring is 1. The molecule has 17 heteroatoms. The number of anilines is 1. The van der Waals surface area contributed by atoms with Crippen LogP contribution in [0, 0.1) is 0 Å². The predicted molar refractivity (Wildman–Crippen MR) is 134 cm³/mol. The third-order valence-electron chi connectivity index (χ3n) is 4.55. The van der Waals surface area contributed by atoms with Crippen molar-refractivity contribution in [3.8, 4) is 0 Å². The van der Waals surface area contributed by atoms with Crippen LogP contribution in [0.4, 0.5) is 9.93 Å². The minimum absolute atomic E-state index is 0.0331. The van der Waals surface area contributed by atoms with Gasteiger partial charge >= 0.3 is 6.16 Å². The number of carboxylic acid groups (broad SMARTS) is 1. The van der Waals surface area contributed by atoms with Crippen LogP contribution in [-0.4, -0.2) is 72.3 Å². The second-order valence-electron chi connectivity index (χ2n) is 6.56. The molecule has 0 spiro atoms. The molecule has 180 valence electrons. The van der Waals surface area contributed by atoms with E-state index < -0.39 is 29.4 Å². The molecule has 0 aromatic carbocycles. The Hall–Kier alpha value is -1.98. The highest BCUT2D eigenvalue weighted by molar-refractivity contribution is 8.03. The lowest BCUT2D eigenvalue weighted by Crippen LogP contribution is -2.70. The number of carbonyl (C=O) groups is 3. The largest absolute Gasteiger partial charge is 0.512 e. The van der Waals surface area contributed by atoms with E-state index in [4.69, 9.17) is 22.1 Å². The summed E-state index contributed by atoms with van der Waals surface area (Å²) in [6.45, 7) is 0. The molecule has 1 unspecified atom stereocenters. The van der Waals surface area contributed by atoms with E-state index >= 15 is 0 Å². The Kier molecular flexibility index (Phi) is 7.94. The molecular formula is C17H15ClN6O5S5. The lowest BCUT2D eigenvalue weighted by molar-refractivity contribution is -0.148. The van der Waals surface area contributed by atoms with Crippen molar-refractivity contribution in [1.29, 1.82) is 0 Å². The fourth-order valence-corrected chi connectivity index (χ4v) is 7.71. The normalized spacial score (nSPS) is 20.1. The van der Waals surface area contributed by atoms with Gasteiger partial charge in [0.15, 0.2) is 13.8 Å². The lowest BCUT2D eigenvalue weighted by Gasteiger charge is -2.49. The number of fused-ring (bicyclic) bond motifs is 1. The van der Waals surface area contributed by atoms with Gasteiger partial charge in [0.2, 0.25) is 5.88 Å². The number of amides is 2. The summed E-state index contributed by atoms with van der Waals surface area (Å²) in [6, 6.07) is -0.881. The lowest BCUT2D eigenvalue weighted by atomic mass is 10.1. The molecule has 0 saturated carbocycles. The maximum atomic E-state index is 12.9. The van der Waals surface area contributed by atoms with Gasteiger partial charge in [0, 0.05) is 28.0 Å². The Labute approximate surface area is 218 Å². The van der Waals surface area contributed by atoms with Gasteiger partial charge in [-0.15, -0.1) is 33.3 Å². The van der Waals surface area contributed by atoms with Crippen LogP contribution in [0.1, 0.15) is 5.69 Å². The van der Waals surface area contributed by atoms with Gasteiger partial charge in [0.1, 0.15) is 11.4 Å². The number of carbonyl (C=O) groups excluding carboxylic acids is 2. The maximum absolute atomic E-state index is 12.9. The van der Waals surface area contributed by atoms with Gasteiger partial charge in [0.25, 0.3) is 11.8 Å². The SMILES string of the molecule is CSc1nnc(SCC2=C(OC(=O)O)N3C(=O)C(NC(=O)C(=CCl)c4csc(N)n4)[C@@H]3SC2)s1. The summed E-state index contributed by atoms with van der Waals surface area (Å²) in [5.41, 5.74) is 7.69. The van der Waals surface area contributed by atoms with Crippen molar-refractivity contribution < 1.29 is 24.2 Å². The van der Waals surface area contributed by atoms with Gasteiger partial charge in [0.05, 0.1) is 11.3 Å². The summed E-state index contributed by atoms with van der Waals surface area (Å²) >= 11 is 12.7. The monoisotopic (exact) mass is 578 g/mol. The van der Waals surface area contributed by atoms with Gasteiger partial charge in [-0.1, -0.05) is 46.5 Å². The quantitative estimate of drug-likeness (QED) is 0.182. The molecule has 0 bridgehead atoms. The van der Waals surface area contributed by atoms with Crippen LogP contribution in [0.3, 0.4) is 0 Å². The van der Waals surface area contributed by atoms with Crippen molar-refractivity contribution in [3.63, 3.8) is 0 Å². The van der Waals surface area contributed by atoms with Crippen molar-refractivity contribution in [2.24, 2.45) is 0 Å². The smallest absolute Gasteiger partial charge is 0.449 e. The van der Waals surface area contributed by atoms with Gasteiger partial charge in [-0.3, -0.25) is 14.5 Å². The number of β-lactam (4-membered cyclic amide) rings is 1. The summed E-state index contributed by atoms with van der Waals surface area (Å²) in [5.74, 6) is -0.334. The second kappa shape index (κ2) is 10.7. The number of nitrogens with one attached hydrogen (secondary N) is 1. The first-order valence-electron chi connectivity index (χ1n) is 9.22. The van der Waals surface area contributed by atoms with Crippen LogP contribution in [-0.2, 0) is 14.3 Å². The number of hydrogen-bond acceptors (Lipinski definition) is 13. The molecule has 2 aliphatic heterocycles. The molecular weight excluding hydrogens is 564 g/mol. The first kappa shape index (κ1) is 25.1. The van der Waals surface area contributed by atoms with Gasteiger partial charge < -0.3 is 20.9 Å². The van der Waals surface area contributed by atoms with Crippen LogP contribution >= 0.6 is 69.6 Å². The number of ether oxygens (including phenoxy) is 1. The summed E-state index contributed by atoms with van der Waals surface area (Å²) < 4.78 is 6.53. The molecule has 2 aliphatic rings. The molecule has 34 heavy (non-hydrogen) atoms. The zero-order valence-electron chi connectivity index (χ0n) is 17.1. The summed E-state index contributed by atoms with van der Waals surface area (Å²) in [7, 11) is 0. The Morgan fingerprint density at radius 1 is 1.44 bits per heavy atom. The molecule has 2 amide bonds. The Bertz CT molecular complexity index is 1200. The second-order valence-corrected chi connectivity index (χ2v) is 12.0. The zero-order chi connectivity index (χ0) is 24.4. The molecule has 1 fully saturated rings. The minimum Gasteiger partial charge on any atom is -0.449 e. The summed E-state index contributed by atoms with van der Waals surface area (Å²) in [5, 5.41) is 21.3. The molecule has 0 aliphatic carbocycles. The van der Waals surface area contributed by atoms with Gasteiger partial charge in [-0.2, -0.15) is 0 Å². The average molecular weight is 579 g/mol. The Morgan fingerprint density at radius 2 is 2.21 bits per heavy atom. The molecule has 11 nitrogen and oxygen atoms in total. The molecule has 2 aromatic heterocycles. The van der Waals surface area contributed by atoms with Crippen molar-refractivity contribution in [1.82, 2.24) is 25.4 Å². The van der Waals surface area contributed by atoms with E-state index in [0.29, 0.717) is 22.8 Å². The number of hydrogen-bond donors (Lipinski definition) is 3. The number of rotatable bonds is 8. The van der Waals surface area contributed by atoms with Crippen LogP contribution in [0.5, 0.6) is 0 Å². The van der Waals surface area contributed by atoms with Crippen molar-refractivity contribution in [2.45, 2.75) is 20.1 Å². The third kappa shape index (κ3) is 5.16. The molecule has 2 aromatic rings. The van der Waals surface area contributed by atoms with E-state index in [1.165, 1.54) is 51.5 Å². The van der Waals surface area contributed by atoms with Gasteiger partial charge in [-0.05, 0) is 6.26 Å². The number of aromatic nitrogens is 3. The Morgan fingerprint density at radius 3 is 2.82 bits per heavy atom. The highest BCUT2D eigenvalue weighted by atomic mass is 35.5. The molecule has 4 N–H and O–H groups in total. The number of nitrogens with zero attached hydrogens (tertiary/aromatic N) is 4. The molecule has 4 heterocycles. The number of thioether (sulfide) groups is 3. The highest BCUT2D eigenvalue weighted by Crippen LogP contribution is 2.42. The van der Waals surface area contributed by atoms with E-state index in [9.17, 15) is 19.5 Å². The Balaban J connectivity index is 1.48. The third-order valence-corrected chi connectivity index (χ3v) is 9.90. The van der Waals surface area contributed by atoms with Crippen LogP contribution in [0.2, 0.25) is 0 Å². The molecule has 2 atom stereocenters. The van der Waals surface area contributed by atoms with E-state index in [1.54, 1.807) is 5.38 Å². The van der Waals surface area contributed by atoms with Crippen LogP contribution in [0.25, 0.3) is 5.57 Å². The highest BCUT2D eigenvalue weighted by Gasteiger charge is 2.54. The van der Waals surface area contributed by atoms with Crippen LogP contribution < -0.4 is 11.1 Å². The van der Waals surface area contributed by atoms with E-state index in [1.807, 2.05) is 6.26 Å². The molecule has 1 saturated heterocycles. The predicted octanol–water partition coefficient (Wildman–Crippen LogP) is 2.98. The van der Waals surface area contributed by atoms with E-state index in [2.05, 4.69) is 20.5 Å². The first-order chi connectivity index (χ1) is 16.3. The first-order valence-corrected chi connectivity index (χ1v) is 14.6. The standard InChI is InChI=1S/C17H15ClN6O5S5/c1-30-15-22-23-16(34-15)33-4-6-3-31-13-9(11(26)24(13)12(6)29-17(27)28)21-10(25)7(2-18)8-5-32-14(19)20-8/h2,5,9,13H,3-4H2,1H3,(H2,19,20)(H,21,25)(H,27,28)/t9?,13-/m0/s1. The minimum atomic E-state index is -1.53.